The molecule has 0 bridgehead atoms. The number of rotatable bonds is 4. The topological polar surface area (TPSA) is 24.9 Å². The molecule has 2 aliphatic heterocycles. The SMILES string of the molecule is COc1ccc(N2CCN(c3c(C)c(C)c4c(c3C(C)C)CC(C)(C)O4)CC2)cc1. The van der Waals surface area contributed by atoms with E-state index in [1.165, 1.54) is 33.6 Å². The van der Waals surface area contributed by atoms with E-state index in [2.05, 4.69) is 63.5 Å². The van der Waals surface area contributed by atoms with Crippen molar-refractivity contribution < 1.29 is 9.47 Å². The number of nitrogens with zero attached hydrogens (tertiary/aromatic N) is 2. The van der Waals surface area contributed by atoms with E-state index in [-0.39, 0.29) is 5.60 Å². The van der Waals surface area contributed by atoms with E-state index in [1.807, 2.05) is 12.1 Å². The first kappa shape index (κ1) is 20.9. The van der Waals surface area contributed by atoms with Crippen LogP contribution in [0.3, 0.4) is 0 Å². The highest BCUT2D eigenvalue weighted by Gasteiger charge is 2.37. The predicted octanol–water partition coefficient (Wildman–Crippen LogP) is 5.48. The van der Waals surface area contributed by atoms with Crippen LogP contribution in [0.25, 0.3) is 0 Å². The molecule has 0 saturated carbocycles. The average molecular weight is 409 g/mol. The van der Waals surface area contributed by atoms with Gasteiger partial charge in [0.1, 0.15) is 17.1 Å². The molecule has 0 N–H and O–H groups in total. The van der Waals surface area contributed by atoms with Crippen molar-refractivity contribution in [2.45, 2.75) is 59.5 Å². The summed E-state index contributed by atoms with van der Waals surface area (Å²) in [5.74, 6) is 2.53. The van der Waals surface area contributed by atoms with Crippen molar-refractivity contribution in [1.82, 2.24) is 0 Å². The van der Waals surface area contributed by atoms with Gasteiger partial charge < -0.3 is 19.3 Å². The highest BCUT2D eigenvalue weighted by atomic mass is 16.5. The molecule has 30 heavy (non-hydrogen) atoms. The van der Waals surface area contributed by atoms with Crippen molar-refractivity contribution in [1.29, 1.82) is 0 Å². The van der Waals surface area contributed by atoms with E-state index >= 15 is 0 Å². The number of benzene rings is 2. The largest absolute Gasteiger partial charge is 0.497 e. The van der Waals surface area contributed by atoms with Crippen LogP contribution in [0.1, 0.15) is 55.9 Å². The third kappa shape index (κ3) is 3.61. The summed E-state index contributed by atoms with van der Waals surface area (Å²) >= 11 is 0. The summed E-state index contributed by atoms with van der Waals surface area (Å²) in [6.45, 7) is 17.7. The Balaban J connectivity index is 1.63. The molecule has 0 amide bonds. The Morgan fingerprint density at radius 1 is 0.933 bits per heavy atom. The van der Waals surface area contributed by atoms with Gasteiger partial charge in [0, 0.05) is 49.5 Å². The van der Waals surface area contributed by atoms with Crippen molar-refractivity contribution in [3.8, 4) is 11.5 Å². The lowest BCUT2D eigenvalue weighted by molar-refractivity contribution is 0.137. The van der Waals surface area contributed by atoms with Gasteiger partial charge in [0.05, 0.1) is 7.11 Å². The Labute approximate surface area is 181 Å². The predicted molar refractivity (Wildman–Crippen MR) is 126 cm³/mol. The molecule has 4 heteroatoms. The molecule has 4 rings (SSSR count). The molecular formula is C26H36N2O2. The molecule has 1 saturated heterocycles. The lowest BCUT2D eigenvalue weighted by atomic mass is 9.86. The number of anilines is 2. The van der Waals surface area contributed by atoms with Gasteiger partial charge in [-0.3, -0.25) is 0 Å². The standard InChI is InChI=1S/C26H36N2O2/c1-17(2)23-22-16-26(5,6)30-25(22)19(4)18(3)24(23)28-14-12-27(13-15-28)20-8-10-21(29-7)11-9-20/h8-11,17H,12-16H2,1-7H3. The Hall–Kier alpha value is -2.36. The van der Waals surface area contributed by atoms with Crippen LogP contribution in [0.2, 0.25) is 0 Å². The highest BCUT2D eigenvalue weighted by Crippen LogP contribution is 2.48. The van der Waals surface area contributed by atoms with E-state index in [0.717, 1.165) is 44.1 Å². The van der Waals surface area contributed by atoms with Crippen LogP contribution in [-0.2, 0) is 6.42 Å². The molecule has 2 aromatic rings. The maximum atomic E-state index is 6.40. The first-order chi connectivity index (χ1) is 14.2. The van der Waals surface area contributed by atoms with E-state index in [9.17, 15) is 0 Å². The summed E-state index contributed by atoms with van der Waals surface area (Å²) in [6.07, 6.45) is 0.996. The third-order valence-electron chi connectivity index (χ3n) is 6.70. The van der Waals surface area contributed by atoms with Gasteiger partial charge in [-0.05, 0) is 74.6 Å². The molecule has 0 atom stereocenters. The van der Waals surface area contributed by atoms with E-state index < -0.39 is 0 Å². The van der Waals surface area contributed by atoms with Crippen LogP contribution in [0.5, 0.6) is 11.5 Å². The van der Waals surface area contributed by atoms with Crippen LogP contribution < -0.4 is 19.3 Å². The minimum atomic E-state index is -0.116. The summed E-state index contributed by atoms with van der Waals surface area (Å²) in [5.41, 5.74) is 8.24. The zero-order valence-corrected chi connectivity index (χ0v) is 19.6. The van der Waals surface area contributed by atoms with Crippen molar-refractivity contribution >= 4 is 11.4 Å². The quantitative estimate of drug-likeness (QED) is 0.669. The van der Waals surface area contributed by atoms with Crippen LogP contribution in [-0.4, -0.2) is 38.9 Å². The molecule has 0 unspecified atom stereocenters. The lowest BCUT2D eigenvalue weighted by Crippen LogP contribution is -2.47. The van der Waals surface area contributed by atoms with Crippen molar-refractivity contribution in [3.05, 3.63) is 46.5 Å². The number of hydrogen-bond donors (Lipinski definition) is 0. The first-order valence-electron chi connectivity index (χ1n) is 11.2. The summed E-state index contributed by atoms with van der Waals surface area (Å²) in [6, 6.07) is 8.43. The summed E-state index contributed by atoms with van der Waals surface area (Å²) in [4.78, 5) is 5.09. The summed E-state index contributed by atoms with van der Waals surface area (Å²) in [5, 5.41) is 0. The molecular weight excluding hydrogens is 372 g/mol. The fourth-order valence-electron chi connectivity index (χ4n) is 5.10. The minimum absolute atomic E-state index is 0.116. The van der Waals surface area contributed by atoms with Crippen molar-refractivity contribution in [3.63, 3.8) is 0 Å². The molecule has 2 aliphatic rings. The number of fused-ring (bicyclic) bond motifs is 1. The third-order valence-corrected chi connectivity index (χ3v) is 6.70. The van der Waals surface area contributed by atoms with E-state index in [0.29, 0.717) is 5.92 Å². The average Bonchev–Trinajstić information content (AvgIpc) is 3.05. The lowest BCUT2D eigenvalue weighted by Gasteiger charge is -2.40. The normalized spacial score (nSPS) is 17.9. The van der Waals surface area contributed by atoms with Gasteiger partial charge in [-0.15, -0.1) is 0 Å². The zero-order valence-electron chi connectivity index (χ0n) is 19.6. The maximum absolute atomic E-state index is 6.40. The second-order valence-electron chi connectivity index (χ2n) is 9.69. The van der Waals surface area contributed by atoms with Crippen molar-refractivity contribution in [2.24, 2.45) is 0 Å². The fraction of sp³-hybridized carbons (Fsp3) is 0.538. The van der Waals surface area contributed by atoms with Gasteiger partial charge in [0.25, 0.3) is 0 Å². The van der Waals surface area contributed by atoms with Crippen LogP contribution in [0.15, 0.2) is 24.3 Å². The molecule has 0 aromatic heterocycles. The molecule has 1 fully saturated rings. The summed E-state index contributed by atoms with van der Waals surface area (Å²) < 4.78 is 11.7. The van der Waals surface area contributed by atoms with Crippen LogP contribution in [0.4, 0.5) is 11.4 Å². The van der Waals surface area contributed by atoms with Gasteiger partial charge in [0.2, 0.25) is 0 Å². The van der Waals surface area contributed by atoms with Crippen molar-refractivity contribution in [2.75, 3.05) is 43.1 Å². The second kappa shape index (κ2) is 7.72. The summed E-state index contributed by atoms with van der Waals surface area (Å²) in [7, 11) is 1.72. The maximum Gasteiger partial charge on any atom is 0.127 e. The smallest absolute Gasteiger partial charge is 0.127 e. The molecule has 162 valence electrons. The number of ether oxygens (including phenoxy) is 2. The number of hydrogen-bond acceptors (Lipinski definition) is 4. The monoisotopic (exact) mass is 408 g/mol. The zero-order chi connectivity index (χ0) is 21.6. The highest BCUT2D eigenvalue weighted by molar-refractivity contribution is 5.71. The number of piperazine rings is 1. The van der Waals surface area contributed by atoms with Gasteiger partial charge in [0.15, 0.2) is 0 Å². The molecule has 2 aromatic carbocycles. The fourth-order valence-corrected chi connectivity index (χ4v) is 5.10. The van der Waals surface area contributed by atoms with Gasteiger partial charge >= 0.3 is 0 Å². The van der Waals surface area contributed by atoms with Gasteiger partial charge in [-0.2, -0.15) is 0 Å². The van der Waals surface area contributed by atoms with E-state index in [4.69, 9.17) is 9.47 Å². The minimum Gasteiger partial charge on any atom is -0.497 e. The Kier molecular flexibility index (Phi) is 5.37. The molecule has 0 radical (unpaired) electrons. The van der Waals surface area contributed by atoms with Gasteiger partial charge in [-0.25, -0.2) is 0 Å². The Bertz CT molecular complexity index is 923. The second-order valence-corrected chi connectivity index (χ2v) is 9.69. The van der Waals surface area contributed by atoms with E-state index in [1.54, 1.807) is 7.11 Å². The number of methoxy groups -OCH3 is 1. The van der Waals surface area contributed by atoms with Gasteiger partial charge in [-0.1, -0.05) is 13.8 Å². The van der Waals surface area contributed by atoms with Crippen LogP contribution in [0, 0.1) is 13.8 Å². The Morgan fingerprint density at radius 2 is 1.53 bits per heavy atom. The first-order valence-corrected chi connectivity index (χ1v) is 11.2. The molecule has 2 heterocycles. The molecule has 0 spiro atoms. The van der Waals surface area contributed by atoms with Crippen LogP contribution >= 0.6 is 0 Å². The molecule has 0 aliphatic carbocycles. The Morgan fingerprint density at radius 3 is 2.10 bits per heavy atom. The molecule has 4 nitrogen and oxygen atoms in total.